The van der Waals surface area contributed by atoms with Gasteiger partial charge in [-0.05, 0) is 48.9 Å². The maximum atomic E-state index is 6.35. The summed E-state index contributed by atoms with van der Waals surface area (Å²) >= 11 is 3.52. The van der Waals surface area contributed by atoms with Crippen LogP contribution in [-0.2, 0) is 0 Å². The molecule has 0 aliphatic heterocycles. The standard InChI is InChI=1S/C13H18BrN.ClH/c1-9-6-7-11(14)8-12(9)13(15)10-4-2-3-5-10;/h6-8,10,13H,2-5,15H2,1H3;1H/t13-;/m1./s1. The summed E-state index contributed by atoms with van der Waals surface area (Å²) in [6.45, 7) is 2.15. The Morgan fingerprint density at radius 3 is 2.56 bits per heavy atom. The van der Waals surface area contributed by atoms with Crippen molar-refractivity contribution in [2.75, 3.05) is 0 Å². The van der Waals surface area contributed by atoms with Gasteiger partial charge in [0.05, 0.1) is 0 Å². The maximum absolute atomic E-state index is 6.35. The Morgan fingerprint density at radius 1 is 1.31 bits per heavy atom. The molecule has 2 rings (SSSR count). The van der Waals surface area contributed by atoms with Crippen LogP contribution in [0.25, 0.3) is 0 Å². The van der Waals surface area contributed by atoms with Crippen LogP contribution < -0.4 is 5.73 Å². The molecule has 0 bridgehead atoms. The zero-order valence-electron chi connectivity index (χ0n) is 9.58. The second-order valence-corrected chi connectivity index (χ2v) is 5.49. The minimum absolute atomic E-state index is 0. The fourth-order valence-electron chi connectivity index (χ4n) is 2.54. The van der Waals surface area contributed by atoms with E-state index >= 15 is 0 Å². The molecule has 0 radical (unpaired) electrons. The van der Waals surface area contributed by atoms with Crippen molar-refractivity contribution in [3.8, 4) is 0 Å². The molecule has 1 aliphatic rings. The Labute approximate surface area is 112 Å². The van der Waals surface area contributed by atoms with Crippen molar-refractivity contribution < 1.29 is 0 Å². The number of rotatable bonds is 2. The predicted octanol–water partition coefficient (Wildman–Crippen LogP) is 4.37. The molecule has 1 nitrogen and oxygen atoms in total. The Bertz CT molecular complexity index is 348. The van der Waals surface area contributed by atoms with E-state index < -0.39 is 0 Å². The van der Waals surface area contributed by atoms with Crippen molar-refractivity contribution in [3.05, 3.63) is 33.8 Å². The molecule has 1 aromatic rings. The second-order valence-electron chi connectivity index (χ2n) is 4.57. The number of hydrogen-bond donors (Lipinski definition) is 1. The summed E-state index contributed by atoms with van der Waals surface area (Å²) in [5.41, 5.74) is 8.98. The zero-order chi connectivity index (χ0) is 10.8. The lowest BCUT2D eigenvalue weighted by atomic mass is 9.90. The number of benzene rings is 1. The molecular weight excluding hydrogens is 286 g/mol. The highest BCUT2D eigenvalue weighted by molar-refractivity contribution is 9.10. The van der Waals surface area contributed by atoms with Gasteiger partial charge in [0.25, 0.3) is 0 Å². The Hall–Kier alpha value is -0.0500. The van der Waals surface area contributed by atoms with Crippen LogP contribution in [0, 0.1) is 12.8 Å². The first kappa shape index (κ1) is 14.0. The van der Waals surface area contributed by atoms with Crippen molar-refractivity contribution >= 4 is 28.3 Å². The largest absolute Gasteiger partial charge is 0.324 e. The molecule has 2 N–H and O–H groups in total. The zero-order valence-corrected chi connectivity index (χ0v) is 12.0. The van der Waals surface area contributed by atoms with Gasteiger partial charge in [0.15, 0.2) is 0 Å². The van der Waals surface area contributed by atoms with Gasteiger partial charge >= 0.3 is 0 Å². The molecule has 3 heteroatoms. The average molecular weight is 305 g/mol. The molecule has 1 aliphatic carbocycles. The summed E-state index contributed by atoms with van der Waals surface area (Å²) in [5.74, 6) is 0.693. The van der Waals surface area contributed by atoms with E-state index in [1.54, 1.807) is 0 Å². The van der Waals surface area contributed by atoms with Gasteiger partial charge in [0.2, 0.25) is 0 Å². The van der Waals surface area contributed by atoms with Crippen molar-refractivity contribution in [2.45, 2.75) is 38.6 Å². The first-order valence-corrected chi connectivity index (χ1v) is 6.49. The average Bonchev–Trinajstić information content (AvgIpc) is 2.74. The van der Waals surface area contributed by atoms with Crippen LogP contribution in [0.3, 0.4) is 0 Å². The molecule has 1 atom stereocenters. The molecule has 0 amide bonds. The second kappa shape index (κ2) is 6.04. The summed E-state index contributed by atoms with van der Waals surface area (Å²) in [7, 11) is 0. The minimum atomic E-state index is 0. The third-order valence-electron chi connectivity index (χ3n) is 3.51. The fraction of sp³-hybridized carbons (Fsp3) is 0.538. The van der Waals surface area contributed by atoms with Crippen LogP contribution in [0.15, 0.2) is 22.7 Å². The number of halogens is 2. The third-order valence-corrected chi connectivity index (χ3v) is 4.00. The number of hydrogen-bond acceptors (Lipinski definition) is 1. The number of nitrogens with two attached hydrogens (primary N) is 1. The lowest BCUT2D eigenvalue weighted by Crippen LogP contribution is -2.20. The molecule has 90 valence electrons. The van der Waals surface area contributed by atoms with Crippen molar-refractivity contribution in [1.29, 1.82) is 0 Å². The van der Waals surface area contributed by atoms with Gasteiger partial charge < -0.3 is 5.73 Å². The van der Waals surface area contributed by atoms with Crippen LogP contribution in [0.4, 0.5) is 0 Å². The molecule has 0 heterocycles. The Balaban J connectivity index is 0.00000128. The highest BCUT2D eigenvalue weighted by Gasteiger charge is 2.24. The van der Waals surface area contributed by atoms with E-state index in [1.807, 2.05) is 0 Å². The molecule has 1 saturated carbocycles. The summed E-state index contributed by atoms with van der Waals surface area (Å²) in [5, 5.41) is 0. The van der Waals surface area contributed by atoms with E-state index in [1.165, 1.54) is 36.8 Å². The maximum Gasteiger partial charge on any atom is 0.0326 e. The van der Waals surface area contributed by atoms with E-state index in [2.05, 4.69) is 41.1 Å². The highest BCUT2D eigenvalue weighted by Crippen LogP contribution is 2.35. The van der Waals surface area contributed by atoms with E-state index in [9.17, 15) is 0 Å². The van der Waals surface area contributed by atoms with Gasteiger partial charge in [0.1, 0.15) is 0 Å². The highest BCUT2D eigenvalue weighted by atomic mass is 79.9. The third kappa shape index (κ3) is 2.99. The molecule has 0 unspecified atom stereocenters. The topological polar surface area (TPSA) is 26.0 Å². The Kier molecular flexibility index (Phi) is 5.29. The van der Waals surface area contributed by atoms with Gasteiger partial charge in [0, 0.05) is 10.5 Å². The fourth-order valence-corrected chi connectivity index (χ4v) is 2.92. The van der Waals surface area contributed by atoms with Gasteiger partial charge in [-0.1, -0.05) is 34.8 Å². The van der Waals surface area contributed by atoms with Crippen LogP contribution in [0.1, 0.15) is 42.9 Å². The van der Waals surface area contributed by atoms with Gasteiger partial charge in [-0.25, -0.2) is 0 Å². The Morgan fingerprint density at radius 2 is 1.94 bits per heavy atom. The summed E-state index contributed by atoms with van der Waals surface area (Å²) < 4.78 is 1.14. The van der Waals surface area contributed by atoms with Crippen molar-refractivity contribution in [3.63, 3.8) is 0 Å². The lowest BCUT2D eigenvalue weighted by molar-refractivity contribution is 0.443. The normalized spacial score (nSPS) is 18.2. The first-order valence-electron chi connectivity index (χ1n) is 5.70. The quantitative estimate of drug-likeness (QED) is 0.862. The van der Waals surface area contributed by atoms with E-state index in [0.717, 1.165) is 4.47 Å². The van der Waals surface area contributed by atoms with Crippen molar-refractivity contribution in [1.82, 2.24) is 0 Å². The summed E-state index contributed by atoms with van der Waals surface area (Å²) in [6.07, 6.45) is 5.30. The van der Waals surface area contributed by atoms with Gasteiger partial charge in [-0.3, -0.25) is 0 Å². The molecule has 1 aromatic carbocycles. The summed E-state index contributed by atoms with van der Waals surface area (Å²) in [4.78, 5) is 0. The molecular formula is C13H19BrClN. The number of aryl methyl sites for hydroxylation is 1. The van der Waals surface area contributed by atoms with Crippen LogP contribution in [-0.4, -0.2) is 0 Å². The summed E-state index contributed by atoms with van der Waals surface area (Å²) in [6, 6.07) is 6.64. The van der Waals surface area contributed by atoms with Crippen LogP contribution in [0.2, 0.25) is 0 Å². The molecule has 0 aromatic heterocycles. The van der Waals surface area contributed by atoms with Crippen molar-refractivity contribution in [2.24, 2.45) is 11.7 Å². The monoisotopic (exact) mass is 303 g/mol. The van der Waals surface area contributed by atoms with Crippen LogP contribution >= 0.6 is 28.3 Å². The predicted molar refractivity (Wildman–Crippen MR) is 75.0 cm³/mol. The smallest absolute Gasteiger partial charge is 0.0326 e. The minimum Gasteiger partial charge on any atom is -0.324 e. The molecule has 0 saturated heterocycles. The van der Waals surface area contributed by atoms with E-state index in [0.29, 0.717) is 5.92 Å². The van der Waals surface area contributed by atoms with E-state index in [4.69, 9.17) is 5.73 Å². The lowest BCUT2D eigenvalue weighted by Gasteiger charge is -2.21. The first-order chi connectivity index (χ1) is 7.18. The molecule has 0 spiro atoms. The van der Waals surface area contributed by atoms with E-state index in [-0.39, 0.29) is 18.4 Å². The molecule has 16 heavy (non-hydrogen) atoms. The van der Waals surface area contributed by atoms with Crippen LogP contribution in [0.5, 0.6) is 0 Å². The van der Waals surface area contributed by atoms with Gasteiger partial charge in [-0.15, -0.1) is 12.4 Å². The molecule has 1 fully saturated rings. The van der Waals surface area contributed by atoms with Gasteiger partial charge in [-0.2, -0.15) is 0 Å². The SMILES string of the molecule is Cc1ccc(Br)cc1[C@H](N)C1CCCC1.Cl.